The minimum absolute atomic E-state index is 0.400. The molecule has 0 aromatic carbocycles. The molecular weight excluding hydrogens is 148 g/mol. The van der Waals surface area contributed by atoms with E-state index in [4.69, 9.17) is 11.6 Å². The fraction of sp³-hybridized carbons (Fsp3) is 1.00. The summed E-state index contributed by atoms with van der Waals surface area (Å²) in [6, 6.07) is 0. The van der Waals surface area contributed by atoms with E-state index in [0.717, 1.165) is 19.3 Å². The first kappa shape index (κ1) is 8.35. The van der Waals surface area contributed by atoms with E-state index in [1.165, 1.54) is 6.42 Å². The van der Waals surface area contributed by atoms with Crippen LogP contribution in [0.5, 0.6) is 0 Å². The highest BCUT2D eigenvalue weighted by atomic mass is 35.5. The summed E-state index contributed by atoms with van der Waals surface area (Å²) in [5.74, 6) is 1.05. The third-order valence-electron chi connectivity index (χ3n) is 2.32. The summed E-state index contributed by atoms with van der Waals surface area (Å²) in [5.41, 5.74) is -0.542. The van der Waals surface area contributed by atoms with Gasteiger partial charge >= 0.3 is 0 Å². The van der Waals surface area contributed by atoms with E-state index < -0.39 is 5.60 Å². The van der Waals surface area contributed by atoms with Crippen molar-refractivity contribution in [1.29, 1.82) is 0 Å². The molecule has 1 fully saturated rings. The van der Waals surface area contributed by atoms with Gasteiger partial charge in [0, 0.05) is 0 Å². The zero-order valence-electron chi connectivity index (χ0n) is 6.44. The van der Waals surface area contributed by atoms with E-state index in [-0.39, 0.29) is 0 Å². The molecule has 0 aromatic heterocycles. The van der Waals surface area contributed by atoms with Gasteiger partial charge in [-0.1, -0.05) is 19.8 Å². The normalized spacial score (nSPS) is 41.7. The zero-order valence-corrected chi connectivity index (χ0v) is 7.19. The van der Waals surface area contributed by atoms with Gasteiger partial charge in [-0.25, -0.2) is 0 Å². The third kappa shape index (κ3) is 1.86. The predicted octanol–water partition coefficient (Wildman–Crippen LogP) is 2.17. The molecule has 2 atom stereocenters. The summed E-state index contributed by atoms with van der Waals surface area (Å²) in [6.45, 7) is 2.18. The number of halogens is 1. The van der Waals surface area contributed by atoms with Gasteiger partial charge in [0.05, 0.1) is 11.5 Å². The second-order valence-corrected chi connectivity index (χ2v) is 3.83. The maximum absolute atomic E-state index is 9.72. The smallest absolute Gasteiger partial charge is 0.0785 e. The summed E-state index contributed by atoms with van der Waals surface area (Å²) in [4.78, 5) is 0. The van der Waals surface area contributed by atoms with Crippen LogP contribution < -0.4 is 0 Å². The Morgan fingerprint density at radius 2 is 2.40 bits per heavy atom. The molecule has 0 aromatic rings. The molecule has 1 nitrogen and oxygen atoms in total. The van der Waals surface area contributed by atoms with Gasteiger partial charge < -0.3 is 5.11 Å². The van der Waals surface area contributed by atoms with Gasteiger partial charge in [-0.2, -0.15) is 0 Å². The number of rotatable bonds is 1. The molecule has 0 radical (unpaired) electrons. The molecule has 0 bridgehead atoms. The Balaban J connectivity index is 2.45. The topological polar surface area (TPSA) is 20.2 Å². The molecule has 1 rings (SSSR count). The fourth-order valence-electron chi connectivity index (χ4n) is 1.75. The lowest BCUT2D eigenvalue weighted by molar-refractivity contribution is 0.00788. The largest absolute Gasteiger partial charge is 0.389 e. The molecule has 60 valence electrons. The van der Waals surface area contributed by atoms with Crippen LogP contribution in [0.1, 0.15) is 32.6 Å². The number of alkyl halides is 1. The summed E-state index contributed by atoms with van der Waals surface area (Å²) >= 11 is 5.64. The van der Waals surface area contributed by atoms with Crippen molar-refractivity contribution in [1.82, 2.24) is 0 Å². The van der Waals surface area contributed by atoms with Crippen LogP contribution in [0.2, 0.25) is 0 Å². The Morgan fingerprint density at radius 3 is 2.80 bits per heavy atom. The molecule has 0 heterocycles. The van der Waals surface area contributed by atoms with Gasteiger partial charge in [0.25, 0.3) is 0 Å². The molecule has 1 aliphatic carbocycles. The van der Waals surface area contributed by atoms with Crippen LogP contribution in [0.15, 0.2) is 0 Å². The first-order valence-electron chi connectivity index (χ1n) is 3.95. The third-order valence-corrected chi connectivity index (χ3v) is 2.81. The molecule has 0 aliphatic heterocycles. The van der Waals surface area contributed by atoms with Crippen molar-refractivity contribution in [3.63, 3.8) is 0 Å². The van der Waals surface area contributed by atoms with Crippen molar-refractivity contribution in [2.75, 3.05) is 5.88 Å². The van der Waals surface area contributed by atoms with Gasteiger partial charge in [-0.05, 0) is 18.8 Å². The first-order valence-corrected chi connectivity index (χ1v) is 4.48. The Hall–Kier alpha value is 0.250. The first-order chi connectivity index (χ1) is 4.66. The summed E-state index contributed by atoms with van der Waals surface area (Å²) in [7, 11) is 0. The maximum atomic E-state index is 9.72. The monoisotopic (exact) mass is 162 g/mol. The highest BCUT2D eigenvalue weighted by molar-refractivity contribution is 6.18. The Labute approximate surface area is 67.4 Å². The zero-order chi connectivity index (χ0) is 7.61. The van der Waals surface area contributed by atoms with Crippen molar-refractivity contribution in [2.24, 2.45) is 5.92 Å². The van der Waals surface area contributed by atoms with Gasteiger partial charge in [-0.3, -0.25) is 0 Å². The Morgan fingerprint density at radius 1 is 1.70 bits per heavy atom. The van der Waals surface area contributed by atoms with Crippen LogP contribution in [0.25, 0.3) is 0 Å². The molecule has 0 amide bonds. The number of hydrogen-bond donors (Lipinski definition) is 1. The Kier molecular flexibility index (Phi) is 2.59. The highest BCUT2D eigenvalue weighted by Crippen LogP contribution is 2.32. The van der Waals surface area contributed by atoms with Crippen molar-refractivity contribution >= 4 is 11.6 Å². The predicted molar refractivity (Wildman–Crippen MR) is 43.3 cm³/mol. The molecule has 10 heavy (non-hydrogen) atoms. The summed E-state index contributed by atoms with van der Waals surface area (Å²) in [5, 5.41) is 9.72. The van der Waals surface area contributed by atoms with E-state index in [1.807, 2.05) is 0 Å². The minimum Gasteiger partial charge on any atom is -0.389 e. The SMILES string of the molecule is C[C@H]1CCC[C@@](O)(CCl)C1. The molecule has 1 aliphatic rings. The molecule has 1 saturated carbocycles. The maximum Gasteiger partial charge on any atom is 0.0785 e. The van der Waals surface area contributed by atoms with E-state index >= 15 is 0 Å². The van der Waals surface area contributed by atoms with E-state index in [9.17, 15) is 5.11 Å². The lowest BCUT2D eigenvalue weighted by Crippen LogP contribution is -2.36. The lowest BCUT2D eigenvalue weighted by Gasteiger charge is -2.33. The second-order valence-electron chi connectivity index (χ2n) is 3.56. The fourth-order valence-corrected chi connectivity index (χ4v) is 2.00. The van der Waals surface area contributed by atoms with Crippen molar-refractivity contribution in [3.8, 4) is 0 Å². The van der Waals surface area contributed by atoms with Crippen LogP contribution in [-0.2, 0) is 0 Å². The average Bonchev–Trinajstić information content (AvgIpc) is 1.88. The molecule has 0 saturated heterocycles. The van der Waals surface area contributed by atoms with Crippen molar-refractivity contribution in [2.45, 2.75) is 38.2 Å². The molecular formula is C8H15ClO. The average molecular weight is 163 g/mol. The second kappa shape index (κ2) is 3.10. The van der Waals surface area contributed by atoms with Crippen LogP contribution in [-0.4, -0.2) is 16.6 Å². The molecule has 0 unspecified atom stereocenters. The van der Waals surface area contributed by atoms with Crippen molar-refractivity contribution in [3.05, 3.63) is 0 Å². The lowest BCUT2D eigenvalue weighted by atomic mass is 9.80. The number of aliphatic hydroxyl groups is 1. The molecule has 0 spiro atoms. The van der Waals surface area contributed by atoms with Gasteiger partial charge in [0.2, 0.25) is 0 Å². The molecule has 2 heteroatoms. The van der Waals surface area contributed by atoms with E-state index in [0.29, 0.717) is 11.8 Å². The highest BCUT2D eigenvalue weighted by Gasteiger charge is 2.31. The van der Waals surface area contributed by atoms with Gasteiger partial charge in [-0.15, -0.1) is 11.6 Å². The number of hydrogen-bond acceptors (Lipinski definition) is 1. The quantitative estimate of drug-likeness (QED) is 0.586. The summed E-state index contributed by atoms with van der Waals surface area (Å²) in [6.07, 6.45) is 4.15. The molecule has 1 N–H and O–H groups in total. The summed E-state index contributed by atoms with van der Waals surface area (Å²) < 4.78 is 0. The van der Waals surface area contributed by atoms with Gasteiger partial charge in [0.15, 0.2) is 0 Å². The van der Waals surface area contributed by atoms with Crippen molar-refractivity contribution < 1.29 is 5.11 Å². The standard InChI is InChI=1S/C8H15ClO/c1-7-3-2-4-8(10,5-7)6-9/h7,10H,2-6H2,1H3/t7-,8-/m0/s1. The van der Waals surface area contributed by atoms with Gasteiger partial charge in [0.1, 0.15) is 0 Å². The van der Waals surface area contributed by atoms with E-state index in [1.54, 1.807) is 0 Å². The van der Waals surface area contributed by atoms with Crippen LogP contribution >= 0.6 is 11.6 Å². The van der Waals surface area contributed by atoms with Crippen LogP contribution in [0.4, 0.5) is 0 Å². The van der Waals surface area contributed by atoms with Crippen LogP contribution in [0.3, 0.4) is 0 Å². The van der Waals surface area contributed by atoms with Crippen LogP contribution in [0, 0.1) is 5.92 Å². The Bertz CT molecular complexity index is 116. The minimum atomic E-state index is -0.542. The van der Waals surface area contributed by atoms with E-state index in [2.05, 4.69) is 6.92 Å².